The lowest BCUT2D eigenvalue weighted by Gasteiger charge is -2.35. The number of rotatable bonds is 6. The molecular weight excluding hydrogens is 370 g/mol. The van der Waals surface area contributed by atoms with Crippen LogP contribution in [0.5, 0.6) is 0 Å². The predicted molar refractivity (Wildman–Crippen MR) is 109 cm³/mol. The molecule has 148 valence electrons. The quantitative estimate of drug-likeness (QED) is 0.362. The minimum Gasteiger partial charge on any atom is -0.404 e. The maximum absolute atomic E-state index is 12.5. The van der Waals surface area contributed by atoms with Crippen molar-refractivity contribution < 1.29 is 14.1 Å². The van der Waals surface area contributed by atoms with E-state index in [4.69, 9.17) is 4.42 Å². The van der Waals surface area contributed by atoms with Crippen molar-refractivity contribution in [2.75, 3.05) is 31.1 Å². The van der Waals surface area contributed by atoms with Crippen molar-refractivity contribution in [3.05, 3.63) is 93.7 Å². The van der Waals surface area contributed by atoms with Crippen molar-refractivity contribution in [3.63, 3.8) is 0 Å². The molecule has 29 heavy (non-hydrogen) atoms. The molecule has 0 atom stereocenters. The van der Waals surface area contributed by atoms with E-state index in [1.54, 1.807) is 6.07 Å². The van der Waals surface area contributed by atoms with Crippen LogP contribution in [-0.2, 0) is 6.54 Å². The van der Waals surface area contributed by atoms with Gasteiger partial charge in [-0.2, -0.15) is 0 Å². The third-order valence-electron chi connectivity index (χ3n) is 5.11. The average Bonchev–Trinajstić information content (AvgIpc) is 3.23. The van der Waals surface area contributed by atoms with E-state index in [1.165, 1.54) is 6.07 Å². The van der Waals surface area contributed by atoms with Crippen LogP contribution in [0.1, 0.15) is 21.7 Å². The summed E-state index contributed by atoms with van der Waals surface area (Å²) in [5.74, 6) is 0.409. The Hall–Kier alpha value is -3.45. The lowest BCUT2D eigenvalue weighted by atomic mass is 10.0. The SMILES string of the molecule is O=C(c1ccccc1)c1ccc(N2CCN(Cc3ccc([N+](=O)[O-])o3)CC2)cc1. The molecule has 7 nitrogen and oxygen atoms in total. The van der Waals surface area contributed by atoms with Gasteiger partial charge in [0.1, 0.15) is 10.7 Å². The van der Waals surface area contributed by atoms with Crippen LogP contribution in [0.25, 0.3) is 0 Å². The lowest BCUT2D eigenvalue weighted by molar-refractivity contribution is -0.402. The molecule has 7 heteroatoms. The van der Waals surface area contributed by atoms with Crippen LogP contribution in [0, 0.1) is 10.1 Å². The van der Waals surface area contributed by atoms with Crippen molar-refractivity contribution in [3.8, 4) is 0 Å². The Morgan fingerprint density at radius 3 is 2.17 bits per heavy atom. The fourth-order valence-electron chi connectivity index (χ4n) is 3.51. The number of benzene rings is 2. The average molecular weight is 391 g/mol. The molecule has 0 radical (unpaired) electrons. The van der Waals surface area contributed by atoms with Gasteiger partial charge in [-0.3, -0.25) is 19.8 Å². The van der Waals surface area contributed by atoms with E-state index in [9.17, 15) is 14.9 Å². The summed E-state index contributed by atoms with van der Waals surface area (Å²) in [6.45, 7) is 3.91. The van der Waals surface area contributed by atoms with E-state index in [0.717, 1.165) is 31.9 Å². The minimum atomic E-state index is -0.520. The molecule has 0 amide bonds. The van der Waals surface area contributed by atoms with E-state index >= 15 is 0 Å². The third-order valence-corrected chi connectivity index (χ3v) is 5.11. The van der Waals surface area contributed by atoms with Crippen LogP contribution in [-0.4, -0.2) is 41.8 Å². The van der Waals surface area contributed by atoms with Crippen LogP contribution in [0.4, 0.5) is 11.6 Å². The van der Waals surface area contributed by atoms with E-state index in [1.807, 2.05) is 54.6 Å². The van der Waals surface area contributed by atoms with Gasteiger partial charge in [0.25, 0.3) is 0 Å². The molecule has 0 aliphatic carbocycles. The highest BCUT2D eigenvalue weighted by atomic mass is 16.6. The number of ketones is 1. The van der Waals surface area contributed by atoms with Gasteiger partial charge in [-0.25, -0.2) is 0 Å². The highest BCUT2D eigenvalue weighted by Crippen LogP contribution is 2.21. The number of hydrogen-bond acceptors (Lipinski definition) is 6. The first kappa shape index (κ1) is 18.9. The largest absolute Gasteiger partial charge is 0.433 e. The minimum absolute atomic E-state index is 0.0227. The van der Waals surface area contributed by atoms with Crippen molar-refractivity contribution in [1.29, 1.82) is 0 Å². The number of hydrogen-bond donors (Lipinski definition) is 0. The molecular formula is C22H21N3O4. The highest BCUT2D eigenvalue weighted by molar-refractivity contribution is 6.09. The molecule has 0 saturated carbocycles. The van der Waals surface area contributed by atoms with Crippen molar-refractivity contribution in [2.45, 2.75) is 6.54 Å². The maximum atomic E-state index is 12.5. The molecule has 1 fully saturated rings. The van der Waals surface area contributed by atoms with E-state index < -0.39 is 4.92 Å². The Morgan fingerprint density at radius 1 is 0.897 bits per heavy atom. The Morgan fingerprint density at radius 2 is 1.55 bits per heavy atom. The molecule has 4 rings (SSSR count). The molecule has 0 spiro atoms. The summed E-state index contributed by atoms with van der Waals surface area (Å²) in [6, 6.07) is 20.0. The van der Waals surface area contributed by atoms with Crippen LogP contribution in [0.3, 0.4) is 0 Å². The summed E-state index contributed by atoms with van der Waals surface area (Å²) in [5.41, 5.74) is 2.45. The number of nitrogens with zero attached hydrogens (tertiary/aromatic N) is 3. The standard InChI is InChI=1S/C22H21N3O4/c26-22(17-4-2-1-3-5-17)18-6-8-19(9-7-18)24-14-12-23(13-15-24)16-20-10-11-21(29-20)25(27)28/h1-11H,12-16H2. The van der Waals surface area contributed by atoms with Gasteiger partial charge < -0.3 is 9.32 Å². The Labute approximate surface area is 168 Å². The van der Waals surface area contributed by atoms with Crippen molar-refractivity contribution in [1.82, 2.24) is 4.90 Å². The third kappa shape index (κ3) is 4.35. The second kappa shape index (κ2) is 8.28. The van der Waals surface area contributed by atoms with Crippen LogP contribution in [0.15, 0.2) is 71.1 Å². The second-order valence-electron chi connectivity index (χ2n) is 7.00. The molecule has 3 aromatic rings. The molecule has 0 N–H and O–H groups in total. The van der Waals surface area contributed by atoms with Gasteiger partial charge in [-0.15, -0.1) is 0 Å². The van der Waals surface area contributed by atoms with Gasteiger partial charge in [-0.1, -0.05) is 30.3 Å². The molecule has 1 saturated heterocycles. The van der Waals surface area contributed by atoms with E-state index in [0.29, 0.717) is 23.4 Å². The van der Waals surface area contributed by atoms with Crippen LogP contribution in [0.2, 0.25) is 0 Å². The first-order chi connectivity index (χ1) is 14.1. The van der Waals surface area contributed by atoms with Crippen LogP contribution < -0.4 is 4.90 Å². The van der Waals surface area contributed by atoms with Gasteiger partial charge in [0.05, 0.1) is 12.6 Å². The summed E-state index contributed by atoms with van der Waals surface area (Å²) in [5, 5.41) is 10.7. The number of furan rings is 1. The number of piperazine rings is 1. The summed E-state index contributed by atoms with van der Waals surface area (Å²) < 4.78 is 5.25. The predicted octanol–water partition coefficient (Wildman–Crippen LogP) is 3.74. The molecule has 1 aliphatic heterocycles. The van der Waals surface area contributed by atoms with Crippen molar-refractivity contribution >= 4 is 17.4 Å². The Kier molecular flexibility index (Phi) is 5.39. The fourth-order valence-corrected chi connectivity index (χ4v) is 3.51. The van der Waals surface area contributed by atoms with E-state index in [2.05, 4.69) is 9.80 Å². The zero-order valence-corrected chi connectivity index (χ0v) is 15.9. The monoisotopic (exact) mass is 391 g/mol. The zero-order chi connectivity index (χ0) is 20.2. The van der Waals surface area contributed by atoms with Gasteiger partial charge in [0.2, 0.25) is 0 Å². The molecule has 1 aliphatic rings. The van der Waals surface area contributed by atoms with Gasteiger partial charge in [0, 0.05) is 43.0 Å². The summed E-state index contributed by atoms with van der Waals surface area (Å²) in [7, 11) is 0. The van der Waals surface area contributed by atoms with Crippen LogP contribution >= 0.6 is 0 Å². The Bertz CT molecular complexity index is 990. The topological polar surface area (TPSA) is 79.8 Å². The fraction of sp³-hybridized carbons (Fsp3) is 0.227. The number of carbonyl (C=O) groups is 1. The number of nitro groups is 1. The smallest absolute Gasteiger partial charge is 0.404 e. The summed E-state index contributed by atoms with van der Waals surface area (Å²) in [6.07, 6.45) is 0. The summed E-state index contributed by atoms with van der Waals surface area (Å²) >= 11 is 0. The normalized spacial score (nSPS) is 14.7. The maximum Gasteiger partial charge on any atom is 0.433 e. The highest BCUT2D eigenvalue weighted by Gasteiger charge is 2.20. The molecule has 2 heterocycles. The summed E-state index contributed by atoms with van der Waals surface area (Å²) in [4.78, 5) is 27.2. The lowest BCUT2D eigenvalue weighted by Crippen LogP contribution is -2.45. The first-order valence-electron chi connectivity index (χ1n) is 9.50. The van der Waals surface area contributed by atoms with Gasteiger partial charge in [0.15, 0.2) is 5.78 Å². The van der Waals surface area contributed by atoms with Gasteiger partial charge >= 0.3 is 5.88 Å². The second-order valence-corrected chi connectivity index (χ2v) is 7.00. The first-order valence-corrected chi connectivity index (χ1v) is 9.50. The molecule has 0 bridgehead atoms. The molecule has 2 aromatic carbocycles. The number of anilines is 1. The van der Waals surface area contributed by atoms with Gasteiger partial charge in [-0.05, 0) is 30.3 Å². The van der Waals surface area contributed by atoms with Crippen molar-refractivity contribution in [2.24, 2.45) is 0 Å². The zero-order valence-electron chi connectivity index (χ0n) is 15.9. The molecule has 1 aromatic heterocycles. The Balaban J connectivity index is 1.33. The number of carbonyl (C=O) groups excluding carboxylic acids is 1. The molecule has 0 unspecified atom stereocenters. The van der Waals surface area contributed by atoms with E-state index in [-0.39, 0.29) is 11.7 Å².